The zero-order valence-corrected chi connectivity index (χ0v) is 16.6. The molecule has 1 aliphatic rings. The second-order valence-corrected chi connectivity index (χ2v) is 7.97. The third-order valence-corrected chi connectivity index (χ3v) is 5.66. The molecule has 146 valence electrons. The average Bonchev–Trinajstić information content (AvgIpc) is 2.69. The van der Waals surface area contributed by atoms with Crippen molar-refractivity contribution in [1.82, 2.24) is 5.32 Å². The standard InChI is InChI=1S/C24H33NO2/c1-18-12-14-21(15-13-18)24(20-9-4-3-5-10-20)27-17-22(26)16-25-23-11-7-6-8-19(23)2/h3-5,9-10,12-15,19,22-26H,6-8,11,16-17H2,1-2H3/t19-,22-,23-,24+/m1/s1. The van der Waals surface area contributed by atoms with Crippen molar-refractivity contribution in [3.63, 3.8) is 0 Å². The molecule has 2 N–H and O–H groups in total. The lowest BCUT2D eigenvalue weighted by Crippen LogP contribution is -2.42. The highest BCUT2D eigenvalue weighted by molar-refractivity contribution is 5.31. The normalized spacial score (nSPS) is 22.3. The molecule has 3 heteroatoms. The fourth-order valence-electron chi connectivity index (χ4n) is 3.93. The largest absolute Gasteiger partial charge is 0.389 e. The molecular weight excluding hydrogens is 334 g/mol. The van der Waals surface area contributed by atoms with E-state index in [1.165, 1.54) is 31.2 Å². The third kappa shape index (κ3) is 5.90. The van der Waals surface area contributed by atoms with E-state index < -0.39 is 6.10 Å². The minimum Gasteiger partial charge on any atom is -0.389 e. The molecule has 0 aromatic heterocycles. The van der Waals surface area contributed by atoms with Gasteiger partial charge < -0.3 is 15.2 Å². The van der Waals surface area contributed by atoms with Gasteiger partial charge in [-0.1, -0.05) is 79.9 Å². The van der Waals surface area contributed by atoms with E-state index in [2.05, 4.69) is 55.6 Å². The number of hydrogen-bond donors (Lipinski definition) is 2. The second kappa shape index (κ2) is 10.0. The Labute approximate surface area is 163 Å². The van der Waals surface area contributed by atoms with Crippen molar-refractivity contribution in [3.05, 3.63) is 71.3 Å². The van der Waals surface area contributed by atoms with Crippen LogP contribution in [-0.4, -0.2) is 30.4 Å². The number of rotatable bonds is 8. The van der Waals surface area contributed by atoms with Crippen LogP contribution in [0.1, 0.15) is 55.4 Å². The molecule has 27 heavy (non-hydrogen) atoms. The van der Waals surface area contributed by atoms with Gasteiger partial charge in [0.1, 0.15) is 6.10 Å². The lowest BCUT2D eigenvalue weighted by Gasteiger charge is -2.30. The van der Waals surface area contributed by atoms with Crippen LogP contribution in [0.25, 0.3) is 0 Å². The van der Waals surface area contributed by atoms with Crippen LogP contribution in [0.2, 0.25) is 0 Å². The van der Waals surface area contributed by atoms with Crippen LogP contribution in [0, 0.1) is 12.8 Å². The summed E-state index contributed by atoms with van der Waals surface area (Å²) >= 11 is 0. The lowest BCUT2D eigenvalue weighted by atomic mass is 9.86. The Morgan fingerprint density at radius 3 is 2.37 bits per heavy atom. The molecule has 0 aliphatic heterocycles. The molecule has 0 bridgehead atoms. The molecule has 4 atom stereocenters. The van der Waals surface area contributed by atoms with Gasteiger partial charge in [0, 0.05) is 12.6 Å². The lowest BCUT2D eigenvalue weighted by molar-refractivity contribution is 0.00447. The van der Waals surface area contributed by atoms with Gasteiger partial charge in [0.25, 0.3) is 0 Å². The topological polar surface area (TPSA) is 41.5 Å². The first-order chi connectivity index (χ1) is 13.1. The van der Waals surface area contributed by atoms with Gasteiger partial charge in [-0.2, -0.15) is 0 Å². The summed E-state index contributed by atoms with van der Waals surface area (Å²) in [7, 11) is 0. The van der Waals surface area contributed by atoms with E-state index in [0.717, 1.165) is 11.1 Å². The van der Waals surface area contributed by atoms with Gasteiger partial charge >= 0.3 is 0 Å². The van der Waals surface area contributed by atoms with E-state index in [4.69, 9.17) is 4.74 Å². The highest BCUT2D eigenvalue weighted by Crippen LogP contribution is 2.27. The summed E-state index contributed by atoms with van der Waals surface area (Å²) in [6.07, 6.45) is 4.46. The Balaban J connectivity index is 1.58. The van der Waals surface area contributed by atoms with Crippen molar-refractivity contribution in [3.8, 4) is 0 Å². The van der Waals surface area contributed by atoms with E-state index in [9.17, 15) is 5.11 Å². The van der Waals surface area contributed by atoms with Crippen molar-refractivity contribution in [1.29, 1.82) is 0 Å². The number of nitrogens with one attached hydrogen (secondary N) is 1. The zero-order chi connectivity index (χ0) is 19.1. The fraction of sp³-hybridized carbons (Fsp3) is 0.500. The van der Waals surface area contributed by atoms with Crippen molar-refractivity contribution >= 4 is 0 Å². The van der Waals surface area contributed by atoms with Gasteiger partial charge in [-0.3, -0.25) is 0 Å². The van der Waals surface area contributed by atoms with E-state index in [0.29, 0.717) is 25.1 Å². The summed E-state index contributed by atoms with van der Waals surface area (Å²) in [6.45, 7) is 5.30. The molecular formula is C24H33NO2. The molecule has 0 radical (unpaired) electrons. The summed E-state index contributed by atoms with van der Waals surface area (Å²) in [4.78, 5) is 0. The number of ether oxygens (including phenoxy) is 1. The molecule has 1 aliphatic carbocycles. The van der Waals surface area contributed by atoms with Crippen LogP contribution < -0.4 is 5.32 Å². The molecule has 3 rings (SSSR count). The van der Waals surface area contributed by atoms with E-state index in [1.807, 2.05) is 18.2 Å². The number of aliphatic hydroxyl groups excluding tert-OH is 1. The molecule has 0 saturated heterocycles. The molecule has 0 unspecified atom stereocenters. The van der Waals surface area contributed by atoms with Gasteiger partial charge in [-0.25, -0.2) is 0 Å². The summed E-state index contributed by atoms with van der Waals surface area (Å²) < 4.78 is 6.19. The summed E-state index contributed by atoms with van der Waals surface area (Å²) in [6, 6.07) is 19.2. The van der Waals surface area contributed by atoms with Crippen LogP contribution in [0.15, 0.2) is 54.6 Å². The summed E-state index contributed by atoms with van der Waals surface area (Å²) in [5.41, 5.74) is 3.46. The molecule has 3 nitrogen and oxygen atoms in total. The predicted molar refractivity (Wildman–Crippen MR) is 111 cm³/mol. The Morgan fingerprint density at radius 2 is 1.67 bits per heavy atom. The Hall–Kier alpha value is -1.68. The maximum atomic E-state index is 10.5. The van der Waals surface area contributed by atoms with Crippen molar-refractivity contribution in [2.45, 2.75) is 57.8 Å². The molecule has 0 spiro atoms. The minimum atomic E-state index is -0.504. The SMILES string of the molecule is Cc1ccc([C@@H](OC[C@H](O)CN[C@@H]2CCCC[C@H]2C)c2ccccc2)cc1. The van der Waals surface area contributed by atoms with Gasteiger partial charge in [-0.15, -0.1) is 0 Å². The number of aliphatic hydroxyl groups is 1. The zero-order valence-electron chi connectivity index (χ0n) is 16.6. The second-order valence-electron chi connectivity index (χ2n) is 7.97. The highest BCUT2D eigenvalue weighted by Gasteiger charge is 2.22. The first kappa shape index (κ1) is 20.1. The first-order valence-corrected chi connectivity index (χ1v) is 10.3. The third-order valence-electron chi connectivity index (χ3n) is 5.66. The highest BCUT2D eigenvalue weighted by atomic mass is 16.5. The maximum Gasteiger partial charge on any atom is 0.108 e. The molecule has 1 fully saturated rings. The van der Waals surface area contributed by atoms with E-state index in [-0.39, 0.29) is 6.10 Å². The van der Waals surface area contributed by atoms with Crippen LogP contribution in [0.3, 0.4) is 0 Å². The van der Waals surface area contributed by atoms with Gasteiger partial charge in [0.2, 0.25) is 0 Å². The van der Waals surface area contributed by atoms with Crippen molar-refractivity contribution in [2.75, 3.05) is 13.2 Å². The Kier molecular flexibility index (Phi) is 7.45. The van der Waals surface area contributed by atoms with Crippen LogP contribution in [-0.2, 0) is 4.74 Å². The quantitative estimate of drug-likeness (QED) is 0.715. The maximum absolute atomic E-state index is 10.5. The summed E-state index contributed by atoms with van der Waals surface area (Å²) in [5, 5.41) is 14.0. The van der Waals surface area contributed by atoms with Crippen LogP contribution in [0.5, 0.6) is 0 Å². The van der Waals surface area contributed by atoms with Gasteiger partial charge in [0.15, 0.2) is 0 Å². The smallest absolute Gasteiger partial charge is 0.108 e. The Morgan fingerprint density at radius 1 is 1.00 bits per heavy atom. The fourth-order valence-corrected chi connectivity index (χ4v) is 3.93. The first-order valence-electron chi connectivity index (χ1n) is 10.3. The molecule has 0 amide bonds. The number of aryl methyl sites for hydroxylation is 1. The monoisotopic (exact) mass is 367 g/mol. The molecule has 0 heterocycles. The van der Waals surface area contributed by atoms with Crippen LogP contribution >= 0.6 is 0 Å². The van der Waals surface area contributed by atoms with Crippen LogP contribution in [0.4, 0.5) is 0 Å². The molecule has 2 aromatic rings. The van der Waals surface area contributed by atoms with Gasteiger partial charge in [-0.05, 0) is 36.8 Å². The van der Waals surface area contributed by atoms with Crippen molar-refractivity contribution in [2.24, 2.45) is 5.92 Å². The van der Waals surface area contributed by atoms with E-state index in [1.54, 1.807) is 0 Å². The van der Waals surface area contributed by atoms with Crippen molar-refractivity contribution < 1.29 is 9.84 Å². The molecule has 1 saturated carbocycles. The predicted octanol–water partition coefficient (Wildman–Crippen LogP) is 4.63. The Bertz CT molecular complexity index is 671. The van der Waals surface area contributed by atoms with Gasteiger partial charge in [0.05, 0.1) is 12.7 Å². The summed E-state index contributed by atoms with van der Waals surface area (Å²) in [5.74, 6) is 0.691. The number of benzene rings is 2. The average molecular weight is 368 g/mol. The number of hydrogen-bond acceptors (Lipinski definition) is 3. The molecule has 2 aromatic carbocycles. The van der Waals surface area contributed by atoms with E-state index >= 15 is 0 Å². The minimum absolute atomic E-state index is 0.157.